The second kappa shape index (κ2) is 6.98. The number of rotatable bonds is 7. The van der Waals surface area contributed by atoms with Crippen LogP contribution in [0.4, 0.5) is 0 Å². The van der Waals surface area contributed by atoms with Gasteiger partial charge in [0.1, 0.15) is 0 Å². The number of hydrogen-bond acceptors (Lipinski definition) is 3. The minimum Gasteiger partial charge on any atom is -0.377 e. The van der Waals surface area contributed by atoms with E-state index in [1.807, 2.05) is 6.08 Å². The van der Waals surface area contributed by atoms with E-state index in [2.05, 4.69) is 23.8 Å². The average molecular weight is 198 g/mol. The van der Waals surface area contributed by atoms with Crippen LogP contribution in [0.5, 0.6) is 0 Å². The van der Waals surface area contributed by atoms with Crippen molar-refractivity contribution >= 4 is 0 Å². The van der Waals surface area contributed by atoms with Gasteiger partial charge in [0.25, 0.3) is 0 Å². The molecular formula is C11H22N2O. The van der Waals surface area contributed by atoms with Crippen LogP contribution in [-0.4, -0.2) is 50.8 Å². The summed E-state index contributed by atoms with van der Waals surface area (Å²) in [6.45, 7) is 8.68. The minimum absolute atomic E-state index is 0.472. The van der Waals surface area contributed by atoms with Gasteiger partial charge in [-0.15, -0.1) is 6.58 Å². The molecule has 3 heteroatoms. The lowest BCUT2D eigenvalue weighted by Gasteiger charge is -2.20. The molecule has 0 aromatic carbocycles. The molecular weight excluding hydrogens is 176 g/mol. The predicted octanol–water partition coefficient (Wildman–Crippen LogP) is 0.873. The Morgan fingerprint density at radius 1 is 1.64 bits per heavy atom. The van der Waals surface area contributed by atoms with Crippen molar-refractivity contribution in [2.24, 2.45) is 0 Å². The molecule has 1 heterocycles. The van der Waals surface area contributed by atoms with Crippen LogP contribution in [0.25, 0.3) is 0 Å². The van der Waals surface area contributed by atoms with E-state index in [0.29, 0.717) is 6.10 Å². The topological polar surface area (TPSA) is 24.5 Å². The van der Waals surface area contributed by atoms with E-state index < -0.39 is 0 Å². The molecule has 0 spiro atoms. The van der Waals surface area contributed by atoms with E-state index in [9.17, 15) is 0 Å². The fourth-order valence-electron chi connectivity index (χ4n) is 1.70. The van der Waals surface area contributed by atoms with Crippen LogP contribution in [0.3, 0.4) is 0 Å². The largest absolute Gasteiger partial charge is 0.377 e. The molecule has 0 aromatic rings. The van der Waals surface area contributed by atoms with Crippen LogP contribution in [0.15, 0.2) is 12.7 Å². The summed E-state index contributed by atoms with van der Waals surface area (Å²) in [6.07, 6.45) is 4.82. The standard InChI is InChI=1S/C11H22N2O/c1-3-6-12-7-8-13(2)10-11-5-4-9-14-11/h3,11-12H,1,4-10H2,2H3. The molecule has 1 rings (SSSR count). The van der Waals surface area contributed by atoms with Gasteiger partial charge in [-0.25, -0.2) is 0 Å². The van der Waals surface area contributed by atoms with E-state index in [0.717, 1.165) is 32.8 Å². The first-order valence-corrected chi connectivity index (χ1v) is 5.44. The fourth-order valence-corrected chi connectivity index (χ4v) is 1.70. The quantitative estimate of drug-likeness (QED) is 0.485. The van der Waals surface area contributed by atoms with Gasteiger partial charge in [0, 0.05) is 32.8 Å². The zero-order valence-electron chi connectivity index (χ0n) is 9.17. The Morgan fingerprint density at radius 3 is 3.14 bits per heavy atom. The van der Waals surface area contributed by atoms with Crippen molar-refractivity contribution in [2.75, 3.05) is 39.8 Å². The van der Waals surface area contributed by atoms with Gasteiger partial charge in [0.15, 0.2) is 0 Å². The van der Waals surface area contributed by atoms with Gasteiger partial charge in [-0.3, -0.25) is 0 Å². The van der Waals surface area contributed by atoms with Gasteiger partial charge in [-0.05, 0) is 19.9 Å². The van der Waals surface area contributed by atoms with Gasteiger partial charge in [0.05, 0.1) is 6.10 Å². The first-order valence-electron chi connectivity index (χ1n) is 5.44. The summed E-state index contributed by atoms with van der Waals surface area (Å²) in [6, 6.07) is 0. The van der Waals surface area contributed by atoms with Crippen LogP contribution in [-0.2, 0) is 4.74 Å². The second-order valence-corrected chi connectivity index (χ2v) is 3.89. The Hall–Kier alpha value is -0.380. The molecule has 1 N–H and O–H groups in total. The predicted molar refractivity (Wildman–Crippen MR) is 59.5 cm³/mol. The van der Waals surface area contributed by atoms with Crippen molar-refractivity contribution in [3.63, 3.8) is 0 Å². The third-order valence-electron chi connectivity index (χ3n) is 2.50. The molecule has 1 fully saturated rings. The van der Waals surface area contributed by atoms with Crippen LogP contribution >= 0.6 is 0 Å². The third-order valence-corrected chi connectivity index (χ3v) is 2.50. The summed E-state index contributed by atoms with van der Waals surface area (Å²) in [5, 5.41) is 3.29. The van der Waals surface area contributed by atoms with Crippen LogP contribution in [0.1, 0.15) is 12.8 Å². The van der Waals surface area contributed by atoms with Gasteiger partial charge in [-0.2, -0.15) is 0 Å². The van der Waals surface area contributed by atoms with Crippen molar-refractivity contribution < 1.29 is 4.74 Å². The van der Waals surface area contributed by atoms with Gasteiger partial charge >= 0.3 is 0 Å². The molecule has 0 aliphatic carbocycles. The SMILES string of the molecule is C=CCNCCN(C)CC1CCCO1. The van der Waals surface area contributed by atoms with Gasteiger partial charge < -0.3 is 15.0 Å². The fraction of sp³-hybridized carbons (Fsp3) is 0.818. The van der Waals surface area contributed by atoms with E-state index >= 15 is 0 Å². The molecule has 1 aliphatic rings. The van der Waals surface area contributed by atoms with Crippen molar-refractivity contribution in [2.45, 2.75) is 18.9 Å². The summed E-state index contributed by atoms with van der Waals surface area (Å²) in [4.78, 5) is 2.33. The van der Waals surface area contributed by atoms with Gasteiger partial charge in [-0.1, -0.05) is 6.08 Å². The van der Waals surface area contributed by atoms with Gasteiger partial charge in [0.2, 0.25) is 0 Å². The number of likely N-dealkylation sites (N-methyl/N-ethyl adjacent to an activating group) is 1. The Kier molecular flexibility index (Phi) is 5.83. The molecule has 0 bridgehead atoms. The van der Waals surface area contributed by atoms with Crippen molar-refractivity contribution in [3.05, 3.63) is 12.7 Å². The Bertz CT molecular complexity index is 155. The summed E-state index contributed by atoms with van der Waals surface area (Å²) < 4.78 is 5.57. The van der Waals surface area contributed by atoms with Crippen LogP contribution in [0, 0.1) is 0 Å². The lowest BCUT2D eigenvalue weighted by molar-refractivity contribution is 0.0816. The van der Waals surface area contributed by atoms with E-state index in [-0.39, 0.29) is 0 Å². The normalized spacial score (nSPS) is 21.7. The van der Waals surface area contributed by atoms with E-state index in [4.69, 9.17) is 4.74 Å². The lowest BCUT2D eigenvalue weighted by Crippen LogP contribution is -2.34. The Morgan fingerprint density at radius 2 is 2.50 bits per heavy atom. The molecule has 0 radical (unpaired) electrons. The first-order chi connectivity index (χ1) is 6.83. The van der Waals surface area contributed by atoms with E-state index in [1.165, 1.54) is 12.8 Å². The molecule has 1 unspecified atom stereocenters. The maximum Gasteiger partial charge on any atom is 0.0702 e. The summed E-state index contributed by atoms with van der Waals surface area (Å²) in [7, 11) is 2.15. The highest BCUT2D eigenvalue weighted by Gasteiger charge is 2.16. The number of nitrogens with zero attached hydrogens (tertiary/aromatic N) is 1. The molecule has 0 amide bonds. The monoisotopic (exact) mass is 198 g/mol. The number of hydrogen-bond donors (Lipinski definition) is 1. The molecule has 14 heavy (non-hydrogen) atoms. The maximum atomic E-state index is 5.57. The molecule has 1 atom stereocenters. The molecule has 0 aromatic heterocycles. The smallest absolute Gasteiger partial charge is 0.0702 e. The molecule has 1 aliphatic heterocycles. The van der Waals surface area contributed by atoms with E-state index in [1.54, 1.807) is 0 Å². The highest BCUT2D eigenvalue weighted by molar-refractivity contribution is 4.71. The summed E-state index contributed by atoms with van der Waals surface area (Å²) in [5.74, 6) is 0. The highest BCUT2D eigenvalue weighted by atomic mass is 16.5. The van der Waals surface area contributed by atoms with Crippen LogP contribution < -0.4 is 5.32 Å². The number of ether oxygens (including phenoxy) is 1. The highest BCUT2D eigenvalue weighted by Crippen LogP contribution is 2.12. The Labute approximate surface area is 87.1 Å². The number of nitrogens with one attached hydrogen (secondary N) is 1. The van der Waals surface area contributed by atoms with Crippen molar-refractivity contribution in [1.29, 1.82) is 0 Å². The maximum absolute atomic E-state index is 5.57. The molecule has 1 saturated heterocycles. The zero-order valence-corrected chi connectivity index (χ0v) is 9.17. The summed E-state index contributed by atoms with van der Waals surface area (Å²) in [5.41, 5.74) is 0. The Balaban J connectivity index is 1.97. The molecule has 3 nitrogen and oxygen atoms in total. The lowest BCUT2D eigenvalue weighted by atomic mass is 10.2. The second-order valence-electron chi connectivity index (χ2n) is 3.89. The molecule has 0 saturated carbocycles. The van der Waals surface area contributed by atoms with Crippen LogP contribution in [0.2, 0.25) is 0 Å². The summed E-state index contributed by atoms with van der Waals surface area (Å²) >= 11 is 0. The average Bonchev–Trinajstić information content (AvgIpc) is 2.65. The van der Waals surface area contributed by atoms with Crippen molar-refractivity contribution in [1.82, 2.24) is 10.2 Å². The molecule has 82 valence electrons. The van der Waals surface area contributed by atoms with Crippen molar-refractivity contribution in [3.8, 4) is 0 Å². The zero-order chi connectivity index (χ0) is 10.2. The minimum atomic E-state index is 0.472. The first kappa shape index (κ1) is 11.7. The third kappa shape index (κ3) is 4.74.